The van der Waals surface area contributed by atoms with E-state index < -0.39 is 6.10 Å². The van der Waals surface area contributed by atoms with E-state index in [1.807, 2.05) is 32.0 Å². The fourth-order valence-electron chi connectivity index (χ4n) is 2.71. The molecule has 2 atom stereocenters. The Balaban J connectivity index is 1.69. The molecule has 23 heavy (non-hydrogen) atoms. The van der Waals surface area contributed by atoms with Crippen LogP contribution >= 0.6 is 0 Å². The van der Waals surface area contributed by atoms with Crippen LogP contribution in [-0.2, 0) is 0 Å². The summed E-state index contributed by atoms with van der Waals surface area (Å²) in [5, 5.41) is 13.9. The van der Waals surface area contributed by atoms with Crippen LogP contribution in [0.4, 0.5) is 0 Å². The molecule has 3 N–H and O–H groups in total. The van der Waals surface area contributed by atoms with Crippen LogP contribution in [0.1, 0.15) is 41.1 Å². The van der Waals surface area contributed by atoms with Crippen LogP contribution in [0.2, 0.25) is 0 Å². The molecule has 1 aromatic carbocycles. The molecule has 2 aromatic heterocycles. The number of aliphatic hydroxyl groups excluding tert-OH is 1. The third-order valence-electron chi connectivity index (χ3n) is 3.91. The summed E-state index contributed by atoms with van der Waals surface area (Å²) in [6.45, 7) is 3.86. The first-order chi connectivity index (χ1) is 11.0. The second kappa shape index (κ2) is 6.30. The Morgan fingerprint density at radius 1 is 1.39 bits per heavy atom. The van der Waals surface area contributed by atoms with Crippen LogP contribution in [-0.4, -0.2) is 22.0 Å². The molecule has 0 aliphatic heterocycles. The minimum absolute atomic E-state index is 0.152. The highest BCUT2D eigenvalue weighted by atomic mass is 16.4. The summed E-state index contributed by atoms with van der Waals surface area (Å²) in [5.41, 5.74) is 2.65. The summed E-state index contributed by atoms with van der Waals surface area (Å²) in [5.74, 6) is 0.356. The fraction of sp³-hybridized carbons (Fsp3) is 0.278. The van der Waals surface area contributed by atoms with Gasteiger partial charge in [0.1, 0.15) is 11.9 Å². The predicted molar refractivity (Wildman–Crippen MR) is 88.2 cm³/mol. The largest absolute Gasteiger partial charge is 0.467 e. The van der Waals surface area contributed by atoms with Gasteiger partial charge in [0.2, 0.25) is 0 Å². The van der Waals surface area contributed by atoms with E-state index in [4.69, 9.17) is 4.42 Å². The minimum atomic E-state index is -0.731. The van der Waals surface area contributed by atoms with Gasteiger partial charge in [-0.05, 0) is 38.1 Å². The number of aryl methyl sites for hydroxylation is 1. The molecule has 0 aliphatic rings. The lowest BCUT2D eigenvalue weighted by atomic mass is 10.1. The van der Waals surface area contributed by atoms with Crippen molar-refractivity contribution in [3.8, 4) is 0 Å². The van der Waals surface area contributed by atoms with Crippen LogP contribution < -0.4 is 5.32 Å². The molecule has 3 rings (SSSR count). The van der Waals surface area contributed by atoms with Gasteiger partial charge in [0, 0.05) is 29.6 Å². The molecule has 120 valence electrons. The Bertz CT molecular complexity index is 805. The van der Waals surface area contributed by atoms with Gasteiger partial charge in [-0.25, -0.2) is 0 Å². The van der Waals surface area contributed by atoms with Gasteiger partial charge < -0.3 is 19.8 Å². The molecular weight excluding hydrogens is 292 g/mol. The molecule has 0 bridgehead atoms. The van der Waals surface area contributed by atoms with E-state index in [0.29, 0.717) is 17.7 Å². The smallest absolute Gasteiger partial charge is 0.253 e. The van der Waals surface area contributed by atoms with E-state index >= 15 is 0 Å². The van der Waals surface area contributed by atoms with E-state index in [9.17, 15) is 9.90 Å². The van der Waals surface area contributed by atoms with Crippen molar-refractivity contribution in [2.45, 2.75) is 32.4 Å². The number of hydrogen-bond acceptors (Lipinski definition) is 3. The summed E-state index contributed by atoms with van der Waals surface area (Å²) in [7, 11) is 0. The standard InChI is InChI=1S/C18H20N2O3/c1-11-5-6-15-13(8-11)14(10-19-15)18(22)20-12(2)9-16(21)17-4-3-7-23-17/h3-8,10,12,16,19,21H,9H2,1-2H3,(H,20,22)/t12-,16+/m0/s1. The first-order valence-electron chi connectivity index (χ1n) is 7.64. The number of aliphatic hydroxyl groups is 1. The van der Waals surface area contributed by atoms with Crippen molar-refractivity contribution in [2.75, 3.05) is 0 Å². The number of fused-ring (bicyclic) bond motifs is 1. The van der Waals surface area contributed by atoms with Gasteiger partial charge in [0.05, 0.1) is 11.8 Å². The molecule has 3 aromatic rings. The summed E-state index contributed by atoms with van der Waals surface area (Å²) in [6, 6.07) is 9.23. The third-order valence-corrected chi connectivity index (χ3v) is 3.91. The van der Waals surface area contributed by atoms with E-state index in [0.717, 1.165) is 16.5 Å². The Morgan fingerprint density at radius 3 is 2.96 bits per heavy atom. The number of amides is 1. The Morgan fingerprint density at radius 2 is 2.22 bits per heavy atom. The number of benzene rings is 1. The van der Waals surface area contributed by atoms with Gasteiger partial charge in [-0.3, -0.25) is 4.79 Å². The highest BCUT2D eigenvalue weighted by Gasteiger charge is 2.18. The average Bonchev–Trinajstić information content (AvgIpc) is 3.16. The average molecular weight is 312 g/mol. The zero-order chi connectivity index (χ0) is 16.4. The van der Waals surface area contributed by atoms with Gasteiger partial charge in [0.15, 0.2) is 0 Å². The molecule has 0 unspecified atom stereocenters. The van der Waals surface area contributed by atoms with Crippen LogP contribution in [0.15, 0.2) is 47.2 Å². The number of nitrogens with one attached hydrogen (secondary N) is 2. The summed E-state index contributed by atoms with van der Waals surface area (Å²) >= 11 is 0. The molecule has 0 spiro atoms. The van der Waals surface area contributed by atoms with Gasteiger partial charge in [-0.2, -0.15) is 0 Å². The molecule has 5 nitrogen and oxygen atoms in total. The maximum absolute atomic E-state index is 12.5. The lowest BCUT2D eigenvalue weighted by Gasteiger charge is -2.16. The SMILES string of the molecule is Cc1ccc2[nH]cc(C(=O)N[C@@H](C)C[C@@H](O)c3ccco3)c2c1. The summed E-state index contributed by atoms with van der Waals surface area (Å²) in [6.07, 6.45) is 2.90. The van der Waals surface area contributed by atoms with Gasteiger partial charge in [-0.1, -0.05) is 11.6 Å². The highest BCUT2D eigenvalue weighted by molar-refractivity contribution is 6.06. The Labute approximate surface area is 134 Å². The van der Waals surface area contributed by atoms with Gasteiger partial charge in [-0.15, -0.1) is 0 Å². The lowest BCUT2D eigenvalue weighted by molar-refractivity contribution is 0.0904. The first kappa shape index (κ1) is 15.4. The Kier molecular flexibility index (Phi) is 4.21. The molecular formula is C18H20N2O3. The number of rotatable bonds is 5. The highest BCUT2D eigenvalue weighted by Crippen LogP contribution is 2.21. The molecule has 1 amide bonds. The number of hydrogen-bond donors (Lipinski definition) is 3. The number of carbonyl (C=O) groups excluding carboxylic acids is 1. The zero-order valence-electron chi connectivity index (χ0n) is 13.2. The van der Waals surface area contributed by atoms with Crippen molar-refractivity contribution in [1.82, 2.24) is 10.3 Å². The third kappa shape index (κ3) is 3.29. The molecule has 5 heteroatoms. The number of furan rings is 1. The monoisotopic (exact) mass is 312 g/mol. The maximum atomic E-state index is 12.5. The second-order valence-corrected chi connectivity index (χ2v) is 5.89. The van der Waals surface area contributed by atoms with E-state index in [1.165, 1.54) is 6.26 Å². The Hall–Kier alpha value is -2.53. The minimum Gasteiger partial charge on any atom is -0.467 e. The van der Waals surface area contributed by atoms with Crippen molar-refractivity contribution in [1.29, 1.82) is 0 Å². The van der Waals surface area contributed by atoms with Gasteiger partial charge >= 0.3 is 0 Å². The van der Waals surface area contributed by atoms with Crippen LogP contribution in [0, 0.1) is 6.92 Å². The van der Waals surface area contributed by atoms with E-state index in [-0.39, 0.29) is 11.9 Å². The van der Waals surface area contributed by atoms with Crippen molar-refractivity contribution < 1.29 is 14.3 Å². The summed E-state index contributed by atoms with van der Waals surface area (Å²) < 4.78 is 5.18. The number of aromatic nitrogens is 1. The van der Waals surface area contributed by atoms with Crippen LogP contribution in [0.3, 0.4) is 0 Å². The maximum Gasteiger partial charge on any atom is 0.253 e. The lowest BCUT2D eigenvalue weighted by Crippen LogP contribution is -2.33. The molecule has 0 radical (unpaired) electrons. The predicted octanol–water partition coefficient (Wildman–Crippen LogP) is 3.31. The summed E-state index contributed by atoms with van der Waals surface area (Å²) in [4.78, 5) is 15.6. The zero-order valence-corrected chi connectivity index (χ0v) is 13.2. The first-order valence-corrected chi connectivity index (χ1v) is 7.64. The molecule has 0 saturated heterocycles. The van der Waals surface area contributed by atoms with E-state index in [2.05, 4.69) is 10.3 Å². The molecule has 0 aliphatic carbocycles. The normalized spacial score (nSPS) is 13.9. The van der Waals surface area contributed by atoms with E-state index in [1.54, 1.807) is 18.3 Å². The molecule has 0 fully saturated rings. The van der Waals surface area contributed by atoms with Crippen molar-refractivity contribution in [3.05, 3.63) is 59.7 Å². The number of aromatic amines is 1. The van der Waals surface area contributed by atoms with Crippen molar-refractivity contribution >= 4 is 16.8 Å². The topological polar surface area (TPSA) is 78.3 Å². The second-order valence-electron chi connectivity index (χ2n) is 5.89. The fourth-order valence-corrected chi connectivity index (χ4v) is 2.71. The van der Waals surface area contributed by atoms with Crippen LogP contribution in [0.25, 0.3) is 10.9 Å². The van der Waals surface area contributed by atoms with Crippen LogP contribution in [0.5, 0.6) is 0 Å². The molecule has 0 saturated carbocycles. The molecule has 2 heterocycles. The van der Waals surface area contributed by atoms with Crippen molar-refractivity contribution in [3.63, 3.8) is 0 Å². The quantitative estimate of drug-likeness (QED) is 0.676. The van der Waals surface area contributed by atoms with Gasteiger partial charge in [0.25, 0.3) is 5.91 Å². The number of carbonyl (C=O) groups is 1. The van der Waals surface area contributed by atoms with Crippen molar-refractivity contribution in [2.24, 2.45) is 0 Å². The number of H-pyrrole nitrogens is 1.